The second kappa shape index (κ2) is 9.32. The van der Waals surface area contributed by atoms with E-state index in [0.29, 0.717) is 11.5 Å². The van der Waals surface area contributed by atoms with E-state index in [4.69, 9.17) is 4.98 Å². The molecule has 5 nitrogen and oxygen atoms in total. The summed E-state index contributed by atoms with van der Waals surface area (Å²) in [5.41, 5.74) is 3.29. The first-order valence-electron chi connectivity index (χ1n) is 9.48. The van der Waals surface area contributed by atoms with E-state index < -0.39 is 9.84 Å². The van der Waals surface area contributed by atoms with Crippen molar-refractivity contribution in [2.75, 3.05) is 11.5 Å². The smallest absolute Gasteiger partial charge is 0.150 e. The third-order valence-corrected chi connectivity index (χ3v) is 6.35. The molecule has 0 bridgehead atoms. The van der Waals surface area contributed by atoms with Gasteiger partial charge in [0.05, 0.1) is 23.2 Å². The topological polar surface area (TPSA) is 64.8 Å². The Bertz CT molecular complexity index is 781. The van der Waals surface area contributed by atoms with E-state index in [2.05, 4.69) is 23.4 Å². The van der Waals surface area contributed by atoms with Crippen LogP contribution in [0.3, 0.4) is 0 Å². The lowest BCUT2D eigenvalue weighted by molar-refractivity contribution is 0.570. The highest BCUT2D eigenvalue weighted by atomic mass is 32.2. The van der Waals surface area contributed by atoms with Gasteiger partial charge in [0.2, 0.25) is 0 Å². The number of hydrogen-bond donors (Lipinski definition) is 0. The Balaban J connectivity index is 1.95. The third kappa shape index (κ3) is 5.53. The van der Waals surface area contributed by atoms with Crippen molar-refractivity contribution in [3.05, 3.63) is 23.8 Å². The average molecular weight is 366 g/mol. The van der Waals surface area contributed by atoms with Gasteiger partial charge in [-0.2, -0.15) is 0 Å². The molecule has 2 aromatic rings. The van der Waals surface area contributed by atoms with Crippen LogP contribution in [0.1, 0.15) is 63.8 Å². The number of hydrogen-bond acceptors (Lipinski definition) is 4. The fraction of sp³-hybridized carbons (Fsp3) is 0.684. The van der Waals surface area contributed by atoms with Gasteiger partial charge >= 0.3 is 0 Å². The van der Waals surface area contributed by atoms with E-state index in [9.17, 15) is 8.42 Å². The number of nitrogens with zero attached hydrogens (tertiary/aromatic N) is 3. The van der Waals surface area contributed by atoms with E-state index in [1.807, 2.05) is 19.3 Å². The number of rotatable bonds is 11. The molecule has 2 heterocycles. The minimum absolute atomic E-state index is 0.322. The van der Waals surface area contributed by atoms with Gasteiger partial charge < -0.3 is 4.57 Å². The van der Waals surface area contributed by atoms with Gasteiger partial charge in [-0.05, 0) is 38.2 Å². The minimum atomic E-state index is -2.86. The Morgan fingerprint density at radius 3 is 2.48 bits per heavy atom. The maximum Gasteiger partial charge on any atom is 0.150 e. The molecule has 0 amide bonds. The van der Waals surface area contributed by atoms with Gasteiger partial charge in [-0.1, -0.05) is 26.7 Å². The number of imidazole rings is 1. The van der Waals surface area contributed by atoms with Gasteiger partial charge in [-0.25, -0.2) is 13.4 Å². The molecule has 0 aromatic carbocycles. The van der Waals surface area contributed by atoms with Gasteiger partial charge in [-0.15, -0.1) is 0 Å². The molecule has 0 fully saturated rings. The maximum atomic E-state index is 11.9. The van der Waals surface area contributed by atoms with Crippen molar-refractivity contribution in [1.29, 1.82) is 0 Å². The van der Waals surface area contributed by atoms with Gasteiger partial charge in [0.25, 0.3) is 0 Å². The molecule has 0 atom stereocenters. The van der Waals surface area contributed by atoms with Crippen molar-refractivity contribution < 1.29 is 8.42 Å². The number of aromatic nitrogens is 3. The molecule has 0 unspecified atom stereocenters. The molecule has 0 aliphatic rings. The van der Waals surface area contributed by atoms with Crippen molar-refractivity contribution in [1.82, 2.24) is 14.5 Å². The molecule has 25 heavy (non-hydrogen) atoms. The average Bonchev–Trinajstić information content (AvgIpc) is 2.92. The van der Waals surface area contributed by atoms with Crippen LogP contribution in [0.4, 0.5) is 0 Å². The monoisotopic (exact) mass is 365 g/mol. The lowest BCUT2D eigenvalue weighted by Crippen LogP contribution is -2.11. The summed E-state index contributed by atoms with van der Waals surface area (Å²) >= 11 is 0. The van der Waals surface area contributed by atoms with Crippen molar-refractivity contribution in [3.63, 3.8) is 0 Å². The molecule has 0 radical (unpaired) electrons. The van der Waals surface area contributed by atoms with Crippen LogP contribution in [-0.4, -0.2) is 34.5 Å². The van der Waals surface area contributed by atoms with E-state index in [1.165, 1.54) is 5.52 Å². The molecule has 0 saturated heterocycles. The molecule has 0 N–H and O–H groups in total. The number of sulfone groups is 1. The SMILES string of the molecule is CCCCS(=O)(=O)CCCCCn1c(CCC)nc2cncc(C)c21. The van der Waals surface area contributed by atoms with E-state index in [1.54, 1.807) is 0 Å². The highest BCUT2D eigenvalue weighted by Gasteiger charge is 2.13. The predicted molar refractivity (Wildman–Crippen MR) is 104 cm³/mol. The summed E-state index contributed by atoms with van der Waals surface area (Å²) in [5.74, 6) is 1.77. The number of pyridine rings is 1. The van der Waals surface area contributed by atoms with Crippen molar-refractivity contribution in [3.8, 4) is 0 Å². The largest absolute Gasteiger partial charge is 0.328 e. The Morgan fingerprint density at radius 2 is 1.76 bits per heavy atom. The summed E-state index contributed by atoms with van der Waals surface area (Å²) in [6, 6.07) is 0. The standard InChI is InChI=1S/C19H31N3O2S/c1-4-6-12-25(23,24)13-9-7-8-11-22-18(10-5-2)21-17-15-20-14-16(3)19(17)22/h14-15H,4-13H2,1-3H3. The van der Waals surface area contributed by atoms with Crippen molar-refractivity contribution >= 4 is 20.9 Å². The fourth-order valence-corrected chi connectivity index (χ4v) is 4.77. The highest BCUT2D eigenvalue weighted by molar-refractivity contribution is 7.91. The first-order valence-corrected chi connectivity index (χ1v) is 11.3. The van der Waals surface area contributed by atoms with Crippen LogP contribution in [-0.2, 0) is 22.8 Å². The zero-order valence-electron chi connectivity index (χ0n) is 15.8. The van der Waals surface area contributed by atoms with E-state index in [0.717, 1.165) is 68.4 Å². The summed E-state index contributed by atoms with van der Waals surface area (Å²) in [6.07, 6.45) is 10.1. The summed E-state index contributed by atoms with van der Waals surface area (Å²) < 4.78 is 26.1. The Morgan fingerprint density at radius 1 is 1.00 bits per heavy atom. The van der Waals surface area contributed by atoms with Gasteiger partial charge in [-0.3, -0.25) is 4.98 Å². The molecule has 6 heteroatoms. The van der Waals surface area contributed by atoms with Crippen LogP contribution in [0.5, 0.6) is 0 Å². The molecular weight excluding hydrogens is 334 g/mol. The second-order valence-electron chi connectivity index (χ2n) is 6.82. The fourth-order valence-electron chi connectivity index (χ4n) is 3.20. The molecular formula is C19H31N3O2S. The summed E-state index contributed by atoms with van der Waals surface area (Å²) in [4.78, 5) is 8.99. The van der Waals surface area contributed by atoms with Gasteiger partial charge in [0.1, 0.15) is 21.2 Å². The van der Waals surface area contributed by atoms with Gasteiger partial charge in [0, 0.05) is 19.2 Å². The Labute approximate surface area is 151 Å². The van der Waals surface area contributed by atoms with Crippen LogP contribution in [0.2, 0.25) is 0 Å². The lowest BCUT2D eigenvalue weighted by atomic mass is 10.2. The molecule has 140 valence electrons. The Hall–Kier alpha value is -1.43. The Kier molecular flexibility index (Phi) is 7.41. The summed E-state index contributed by atoms with van der Waals surface area (Å²) in [6.45, 7) is 7.15. The molecule has 2 rings (SSSR count). The van der Waals surface area contributed by atoms with Crippen molar-refractivity contribution in [2.45, 2.75) is 72.3 Å². The molecule has 2 aromatic heterocycles. The predicted octanol–water partition coefficient (Wildman–Crippen LogP) is 4.08. The quantitative estimate of drug-likeness (QED) is 0.563. The lowest BCUT2D eigenvalue weighted by Gasteiger charge is -2.10. The molecule has 0 aliphatic carbocycles. The first-order chi connectivity index (χ1) is 12.0. The molecule has 0 saturated carbocycles. The second-order valence-corrected chi connectivity index (χ2v) is 9.12. The highest BCUT2D eigenvalue weighted by Crippen LogP contribution is 2.21. The van der Waals surface area contributed by atoms with Crippen LogP contribution in [0, 0.1) is 6.92 Å². The first kappa shape index (κ1) is 19.9. The van der Waals surface area contributed by atoms with E-state index >= 15 is 0 Å². The van der Waals surface area contributed by atoms with E-state index in [-0.39, 0.29) is 0 Å². The normalized spacial score (nSPS) is 12.1. The summed E-state index contributed by atoms with van der Waals surface area (Å²) in [7, 11) is -2.86. The van der Waals surface area contributed by atoms with Crippen LogP contribution < -0.4 is 0 Å². The number of aryl methyl sites for hydroxylation is 3. The minimum Gasteiger partial charge on any atom is -0.328 e. The number of fused-ring (bicyclic) bond motifs is 1. The van der Waals surface area contributed by atoms with Gasteiger partial charge in [0.15, 0.2) is 0 Å². The van der Waals surface area contributed by atoms with Crippen molar-refractivity contribution in [2.24, 2.45) is 0 Å². The van der Waals surface area contributed by atoms with Crippen LogP contribution in [0.25, 0.3) is 11.0 Å². The zero-order valence-corrected chi connectivity index (χ0v) is 16.6. The summed E-state index contributed by atoms with van der Waals surface area (Å²) in [5, 5.41) is 0. The molecule has 0 spiro atoms. The maximum absolute atomic E-state index is 11.9. The third-order valence-electron chi connectivity index (χ3n) is 4.53. The van der Waals surface area contributed by atoms with Crippen LogP contribution in [0.15, 0.2) is 12.4 Å². The van der Waals surface area contributed by atoms with Crippen LogP contribution >= 0.6 is 0 Å². The number of unbranched alkanes of at least 4 members (excludes halogenated alkanes) is 3. The molecule has 0 aliphatic heterocycles. The zero-order chi connectivity index (χ0) is 18.3.